The summed E-state index contributed by atoms with van der Waals surface area (Å²) in [5, 5.41) is 88.9. The molecule has 2 saturated heterocycles. The van der Waals surface area contributed by atoms with E-state index in [4.69, 9.17) is 35.5 Å². The van der Waals surface area contributed by atoms with Crippen molar-refractivity contribution in [1.82, 2.24) is 0 Å². The highest BCUT2D eigenvalue weighted by molar-refractivity contribution is 4.95. The monoisotopic (exact) mass is 502 g/mol. The van der Waals surface area contributed by atoms with E-state index in [-0.39, 0.29) is 13.0 Å². The Balaban J connectivity index is 2.05. The van der Waals surface area contributed by atoms with Crippen molar-refractivity contribution < 1.29 is 64.9 Å². The minimum Gasteiger partial charge on any atom is -0.396 e. The zero-order chi connectivity index (χ0) is 25.7. The molecule has 34 heavy (non-hydrogen) atoms. The summed E-state index contributed by atoms with van der Waals surface area (Å²) in [5.41, 5.74) is 11.8. The first-order valence-electron chi connectivity index (χ1n) is 11.0. The summed E-state index contributed by atoms with van der Waals surface area (Å²) in [7, 11) is 0. The lowest BCUT2D eigenvalue weighted by atomic mass is 9.94. The molecule has 8 unspecified atom stereocenters. The third kappa shape index (κ3) is 6.78. The Bertz CT molecular complexity index is 607. The number of rotatable bonds is 11. The van der Waals surface area contributed by atoms with Gasteiger partial charge in [0.25, 0.3) is 0 Å². The van der Waals surface area contributed by atoms with Crippen LogP contribution in [-0.4, -0.2) is 151 Å². The van der Waals surface area contributed by atoms with Crippen LogP contribution in [0, 0.1) is 0 Å². The number of ether oxygens (including phenoxy) is 4. The predicted molar refractivity (Wildman–Crippen MR) is 111 cm³/mol. The Hall–Kier alpha value is -0.600. The van der Waals surface area contributed by atoms with Gasteiger partial charge in [-0.15, -0.1) is 0 Å². The minimum absolute atomic E-state index is 0.278. The molecule has 0 amide bonds. The summed E-state index contributed by atoms with van der Waals surface area (Å²) in [6.07, 6.45) is -17.8. The van der Waals surface area contributed by atoms with Gasteiger partial charge in [0.2, 0.25) is 0 Å². The summed E-state index contributed by atoms with van der Waals surface area (Å²) < 4.78 is 21.8. The van der Waals surface area contributed by atoms with Gasteiger partial charge in [0.05, 0.1) is 37.5 Å². The predicted octanol–water partition coefficient (Wildman–Crippen LogP) is -6.59. The van der Waals surface area contributed by atoms with Crippen molar-refractivity contribution in [2.24, 2.45) is 11.5 Å². The van der Waals surface area contributed by atoms with E-state index in [0.717, 1.165) is 0 Å². The Kier molecular flexibility index (Phi) is 11.4. The zero-order valence-electron chi connectivity index (χ0n) is 18.7. The van der Waals surface area contributed by atoms with Gasteiger partial charge in [-0.1, -0.05) is 0 Å². The fourth-order valence-electron chi connectivity index (χ4n) is 3.85. The third-order valence-electron chi connectivity index (χ3n) is 6.14. The van der Waals surface area contributed by atoms with Crippen molar-refractivity contribution in [2.75, 3.05) is 19.8 Å². The smallest absolute Gasteiger partial charge is 0.184 e. The van der Waals surface area contributed by atoms with E-state index in [2.05, 4.69) is 0 Å². The van der Waals surface area contributed by atoms with Crippen molar-refractivity contribution >= 4 is 0 Å². The minimum atomic E-state index is -2.13. The fourth-order valence-corrected chi connectivity index (χ4v) is 3.85. The van der Waals surface area contributed by atoms with Crippen molar-refractivity contribution in [2.45, 2.75) is 99.0 Å². The molecule has 202 valence electrons. The molecule has 2 heterocycles. The number of aliphatic hydroxyl groups is 9. The van der Waals surface area contributed by atoms with Crippen LogP contribution in [0.25, 0.3) is 0 Å². The highest BCUT2D eigenvalue weighted by Gasteiger charge is 2.48. The number of hydrogen-bond donors (Lipinski definition) is 11. The van der Waals surface area contributed by atoms with Gasteiger partial charge < -0.3 is 76.4 Å². The van der Waals surface area contributed by atoms with Crippen molar-refractivity contribution in [3.8, 4) is 0 Å². The largest absolute Gasteiger partial charge is 0.396 e. The quantitative estimate of drug-likeness (QED) is 0.117. The summed E-state index contributed by atoms with van der Waals surface area (Å²) in [4.78, 5) is 0. The van der Waals surface area contributed by atoms with Crippen LogP contribution in [0.1, 0.15) is 13.3 Å². The lowest BCUT2D eigenvalue weighted by Gasteiger charge is -2.45. The summed E-state index contributed by atoms with van der Waals surface area (Å²) >= 11 is 0. The summed E-state index contributed by atoms with van der Waals surface area (Å²) in [6.45, 7) is 0.100. The van der Waals surface area contributed by atoms with Gasteiger partial charge in [-0.3, -0.25) is 0 Å². The summed E-state index contributed by atoms with van der Waals surface area (Å²) in [6, 6.07) is -2.12. The topological polar surface area (TPSA) is 271 Å². The van der Waals surface area contributed by atoms with E-state index in [1.54, 1.807) is 6.92 Å². The number of nitrogens with two attached hydrogens (primary N) is 2. The van der Waals surface area contributed by atoms with Crippen LogP contribution in [-0.2, 0) is 18.9 Å². The maximum Gasteiger partial charge on any atom is 0.184 e. The number of hydrogen-bond acceptors (Lipinski definition) is 15. The molecule has 0 saturated carbocycles. The molecule has 14 atom stereocenters. The van der Waals surface area contributed by atoms with E-state index in [0.29, 0.717) is 0 Å². The van der Waals surface area contributed by atoms with Gasteiger partial charge in [-0.25, -0.2) is 0 Å². The molecule has 0 radical (unpaired) electrons. The van der Waals surface area contributed by atoms with Gasteiger partial charge in [-0.05, 0) is 13.3 Å². The molecular weight excluding hydrogens is 464 g/mol. The van der Waals surface area contributed by atoms with E-state index < -0.39 is 98.9 Å². The maximum atomic E-state index is 10.4. The molecule has 2 rings (SSSR count). The second-order valence-corrected chi connectivity index (χ2v) is 8.62. The first-order valence-corrected chi connectivity index (χ1v) is 11.0. The molecule has 2 fully saturated rings. The second kappa shape index (κ2) is 13.1. The Labute approximate surface area is 196 Å². The molecule has 0 aromatic heterocycles. The van der Waals surface area contributed by atoms with E-state index in [1.165, 1.54) is 0 Å². The lowest BCUT2D eigenvalue weighted by Crippen LogP contribution is -2.65. The molecular formula is C19H38N2O13. The molecule has 0 aromatic rings. The van der Waals surface area contributed by atoms with Crippen LogP contribution in [0.4, 0.5) is 0 Å². The maximum absolute atomic E-state index is 10.4. The molecule has 0 aromatic carbocycles. The highest BCUT2D eigenvalue weighted by Crippen LogP contribution is 2.27. The van der Waals surface area contributed by atoms with E-state index in [9.17, 15) is 40.9 Å². The molecule has 0 spiro atoms. The van der Waals surface area contributed by atoms with Crippen molar-refractivity contribution in [1.29, 1.82) is 0 Å². The van der Waals surface area contributed by atoms with Crippen LogP contribution in [0.2, 0.25) is 0 Å². The Morgan fingerprint density at radius 1 is 0.853 bits per heavy atom. The average molecular weight is 503 g/mol. The van der Waals surface area contributed by atoms with Gasteiger partial charge in [0.1, 0.15) is 48.8 Å². The molecule has 0 aliphatic carbocycles. The molecule has 13 N–H and O–H groups in total. The van der Waals surface area contributed by atoms with Crippen molar-refractivity contribution in [3.63, 3.8) is 0 Å². The van der Waals surface area contributed by atoms with E-state index >= 15 is 0 Å². The second-order valence-electron chi connectivity index (χ2n) is 8.62. The Morgan fingerprint density at radius 3 is 2.09 bits per heavy atom. The molecule has 0 bridgehead atoms. The average Bonchev–Trinajstić information content (AvgIpc) is 2.81. The normalized spacial score (nSPS) is 42.7. The Morgan fingerprint density at radius 2 is 1.50 bits per heavy atom. The zero-order valence-corrected chi connectivity index (χ0v) is 18.7. The first-order chi connectivity index (χ1) is 15.9. The lowest BCUT2D eigenvalue weighted by molar-refractivity contribution is -0.311. The van der Waals surface area contributed by atoms with Gasteiger partial charge in [-0.2, -0.15) is 0 Å². The van der Waals surface area contributed by atoms with Crippen LogP contribution in [0.3, 0.4) is 0 Å². The molecule has 2 aliphatic rings. The number of aliphatic hydroxyl groups excluding tert-OH is 9. The van der Waals surface area contributed by atoms with Crippen LogP contribution >= 0.6 is 0 Å². The molecule has 15 heteroatoms. The molecule has 15 nitrogen and oxygen atoms in total. The van der Waals surface area contributed by atoms with Gasteiger partial charge in [0, 0.05) is 6.61 Å². The van der Waals surface area contributed by atoms with Gasteiger partial charge in [0.15, 0.2) is 12.6 Å². The standard InChI is InChI=1S/C19H38N2O13/c1-6-10(20)15(28)13(26)9(32-6)5-31-19-11(21)17(14(27)8(4-23)33-19)34-18(30)16(29)12(25)7(24)2-3-22/h6-19,22-30H,2-5,20-21H2,1H3/t6-,7-,8?,9?,10?,11?,12?,13-,14-,15?,16?,17?,18-,19-/m1/s1. The van der Waals surface area contributed by atoms with Crippen molar-refractivity contribution in [3.05, 3.63) is 0 Å². The SMILES string of the molecule is C[C@H]1OC(CO[C@@H]2OC(CO)[C@@H](O)C(O[C@@H](O)C(O)C(O)[C@H](O)CCO)C2N)[C@@H](O)C(O)C1N. The van der Waals surface area contributed by atoms with Gasteiger partial charge >= 0.3 is 0 Å². The fraction of sp³-hybridized carbons (Fsp3) is 1.00. The summed E-state index contributed by atoms with van der Waals surface area (Å²) in [5.74, 6) is 0. The van der Waals surface area contributed by atoms with Crippen LogP contribution in [0.15, 0.2) is 0 Å². The first kappa shape index (κ1) is 29.6. The highest BCUT2D eigenvalue weighted by atomic mass is 16.7. The van der Waals surface area contributed by atoms with E-state index in [1.807, 2.05) is 0 Å². The van der Waals surface area contributed by atoms with Crippen LogP contribution in [0.5, 0.6) is 0 Å². The molecule has 2 aliphatic heterocycles. The van der Waals surface area contributed by atoms with Crippen LogP contribution < -0.4 is 11.5 Å². The third-order valence-corrected chi connectivity index (χ3v) is 6.14.